The molecular formula is C17H13N5O2. The zero-order valence-corrected chi connectivity index (χ0v) is 12.8. The summed E-state index contributed by atoms with van der Waals surface area (Å²) < 4.78 is 4.96. The van der Waals surface area contributed by atoms with E-state index in [1.807, 2.05) is 6.07 Å². The molecule has 24 heavy (non-hydrogen) atoms. The van der Waals surface area contributed by atoms with Crippen LogP contribution in [-0.2, 0) is 0 Å². The van der Waals surface area contributed by atoms with E-state index in [4.69, 9.17) is 9.78 Å². The van der Waals surface area contributed by atoms with Crippen molar-refractivity contribution >= 4 is 23.1 Å². The first-order valence-electron chi connectivity index (χ1n) is 7.12. The number of benzene rings is 1. The fraction of sp³-hybridized carbons (Fsp3) is 0.0588. The zero-order chi connectivity index (χ0) is 16.9. The number of hydrogen-bond acceptors (Lipinski definition) is 6. The second-order valence-electron chi connectivity index (χ2n) is 5.03. The van der Waals surface area contributed by atoms with Crippen LogP contribution in [0.4, 0.5) is 17.2 Å². The minimum Gasteiger partial charge on any atom is -0.360 e. The fourth-order valence-corrected chi connectivity index (χ4v) is 2.04. The Morgan fingerprint density at radius 2 is 2.08 bits per heavy atom. The summed E-state index contributed by atoms with van der Waals surface area (Å²) in [7, 11) is 0. The highest BCUT2D eigenvalue weighted by molar-refractivity contribution is 6.03. The number of hydrogen-bond donors (Lipinski definition) is 2. The Hall–Kier alpha value is -3.66. The van der Waals surface area contributed by atoms with Gasteiger partial charge in [0.1, 0.15) is 11.5 Å². The Bertz CT molecular complexity index is 909. The molecule has 0 aliphatic heterocycles. The second kappa shape index (κ2) is 6.62. The van der Waals surface area contributed by atoms with E-state index in [9.17, 15) is 4.79 Å². The molecule has 0 radical (unpaired) electrons. The molecular weight excluding hydrogens is 306 g/mol. The summed E-state index contributed by atoms with van der Waals surface area (Å²) in [6.07, 6.45) is 1.53. The number of rotatable bonds is 4. The van der Waals surface area contributed by atoms with Gasteiger partial charge >= 0.3 is 0 Å². The van der Waals surface area contributed by atoms with E-state index in [-0.39, 0.29) is 11.6 Å². The standard InChI is InChI=1S/C17H13N5O2/c1-11-7-16(22-24-11)20-14-5-6-15(19-10-14)17(23)21-13-4-2-3-12(8-13)9-18/h2-8,10H,1H3,(H,20,22)(H,21,23). The molecule has 7 heteroatoms. The van der Waals surface area contributed by atoms with Crippen LogP contribution >= 0.6 is 0 Å². The number of aryl methyl sites for hydroxylation is 1. The highest BCUT2D eigenvalue weighted by Gasteiger charge is 2.09. The number of aromatic nitrogens is 2. The maximum atomic E-state index is 12.2. The summed E-state index contributed by atoms with van der Waals surface area (Å²) in [5, 5.41) is 18.4. The molecule has 118 valence electrons. The smallest absolute Gasteiger partial charge is 0.274 e. The van der Waals surface area contributed by atoms with Crippen molar-refractivity contribution < 1.29 is 9.32 Å². The minimum absolute atomic E-state index is 0.263. The number of nitrogens with one attached hydrogen (secondary N) is 2. The highest BCUT2D eigenvalue weighted by atomic mass is 16.5. The van der Waals surface area contributed by atoms with Gasteiger partial charge in [-0.3, -0.25) is 4.79 Å². The molecule has 0 saturated carbocycles. The van der Waals surface area contributed by atoms with Crippen molar-refractivity contribution in [3.63, 3.8) is 0 Å². The largest absolute Gasteiger partial charge is 0.360 e. The zero-order valence-electron chi connectivity index (χ0n) is 12.8. The first-order valence-corrected chi connectivity index (χ1v) is 7.12. The van der Waals surface area contributed by atoms with Crippen molar-refractivity contribution in [1.29, 1.82) is 5.26 Å². The Morgan fingerprint density at radius 3 is 2.75 bits per heavy atom. The molecule has 1 amide bonds. The van der Waals surface area contributed by atoms with Gasteiger partial charge in [0.15, 0.2) is 5.82 Å². The van der Waals surface area contributed by atoms with Crippen molar-refractivity contribution in [2.24, 2.45) is 0 Å². The summed E-state index contributed by atoms with van der Waals surface area (Å²) in [4.78, 5) is 16.3. The lowest BCUT2D eigenvalue weighted by Crippen LogP contribution is -2.13. The quantitative estimate of drug-likeness (QED) is 0.765. The third-order valence-electron chi connectivity index (χ3n) is 3.15. The van der Waals surface area contributed by atoms with Gasteiger partial charge in [-0.1, -0.05) is 11.2 Å². The molecule has 2 heterocycles. The molecule has 0 aliphatic carbocycles. The van der Waals surface area contributed by atoms with E-state index >= 15 is 0 Å². The monoisotopic (exact) mass is 319 g/mol. The lowest BCUT2D eigenvalue weighted by molar-refractivity contribution is 0.102. The SMILES string of the molecule is Cc1cc(Nc2ccc(C(=O)Nc3cccc(C#N)c3)nc2)no1. The fourth-order valence-electron chi connectivity index (χ4n) is 2.04. The van der Waals surface area contributed by atoms with E-state index < -0.39 is 0 Å². The molecule has 0 fully saturated rings. The van der Waals surface area contributed by atoms with Crippen molar-refractivity contribution in [1.82, 2.24) is 10.1 Å². The average molecular weight is 319 g/mol. The van der Waals surface area contributed by atoms with E-state index in [1.54, 1.807) is 49.4 Å². The summed E-state index contributed by atoms with van der Waals surface area (Å²) in [5.74, 6) is 0.912. The van der Waals surface area contributed by atoms with Crippen LogP contribution in [0.2, 0.25) is 0 Å². The lowest BCUT2D eigenvalue weighted by atomic mass is 10.2. The van der Waals surface area contributed by atoms with Crippen LogP contribution in [0.3, 0.4) is 0 Å². The molecule has 0 spiro atoms. The lowest BCUT2D eigenvalue weighted by Gasteiger charge is -2.06. The Morgan fingerprint density at radius 1 is 1.21 bits per heavy atom. The molecule has 0 bridgehead atoms. The van der Waals surface area contributed by atoms with Gasteiger partial charge in [0, 0.05) is 11.8 Å². The Balaban J connectivity index is 1.68. The molecule has 3 rings (SSSR count). The number of nitriles is 1. The summed E-state index contributed by atoms with van der Waals surface area (Å²) >= 11 is 0. The molecule has 7 nitrogen and oxygen atoms in total. The van der Waals surface area contributed by atoms with E-state index in [0.717, 1.165) is 0 Å². The van der Waals surface area contributed by atoms with Gasteiger partial charge in [0.2, 0.25) is 0 Å². The Labute approximate surface area is 137 Å². The van der Waals surface area contributed by atoms with E-state index in [2.05, 4.69) is 20.8 Å². The molecule has 1 aromatic carbocycles. The van der Waals surface area contributed by atoms with Crippen LogP contribution in [0.5, 0.6) is 0 Å². The number of amides is 1. The molecule has 0 atom stereocenters. The van der Waals surface area contributed by atoms with Crippen LogP contribution < -0.4 is 10.6 Å². The highest BCUT2D eigenvalue weighted by Crippen LogP contribution is 2.16. The predicted molar refractivity (Wildman–Crippen MR) is 87.9 cm³/mol. The van der Waals surface area contributed by atoms with E-state index in [1.165, 1.54) is 6.20 Å². The number of pyridine rings is 1. The van der Waals surface area contributed by atoms with Crippen LogP contribution in [0.15, 0.2) is 53.2 Å². The third-order valence-corrected chi connectivity index (χ3v) is 3.15. The van der Waals surface area contributed by atoms with Gasteiger partial charge < -0.3 is 15.2 Å². The van der Waals surface area contributed by atoms with Gasteiger partial charge in [-0.05, 0) is 37.3 Å². The molecule has 2 N–H and O–H groups in total. The van der Waals surface area contributed by atoms with Gasteiger partial charge in [0.05, 0.1) is 23.5 Å². The van der Waals surface area contributed by atoms with Crippen LogP contribution in [-0.4, -0.2) is 16.0 Å². The van der Waals surface area contributed by atoms with Gasteiger partial charge in [-0.15, -0.1) is 0 Å². The normalized spacial score (nSPS) is 10.0. The predicted octanol–water partition coefficient (Wildman–Crippen LogP) is 3.25. The minimum atomic E-state index is -0.353. The van der Waals surface area contributed by atoms with E-state index in [0.29, 0.717) is 28.5 Å². The number of anilines is 3. The summed E-state index contributed by atoms with van der Waals surface area (Å²) in [6.45, 7) is 1.80. The van der Waals surface area contributed by atoms with Crippen molar-refractivity contribution in [3.05, 3.63) is 65.7 Å². The van der Waals surface area contributed by atoms with Crippen LogP contribution in [0.1, 0.15) is 21.8 Å². The molecule has 0 saturated heterocycles. The number of nitrogens with zero attached hydrogens (tertiary/aromatic N) is 3. The summed E-state index contributed by atoms with van der Waals surface area (Å²) in [6, 6.07) is 13.8. The van der Waals surface area contributed by atoms with Gasteiger partial charge in [-0.2, -0.15) is 5.26 Å². The van der Waals surface area contributed by atoms with Crippen molar-refractivity contribution in [2.45, 2.75) is 6.92 Å². The maximum absolute atomic E-state index is 12.2. The molecule has 2 aromatic heterocycles. The number of carbonyl (C=O) groups is 1. The first-order chi connectivity index (χ1) is 11.6. The van der Waals surface area contributed by atoms with Crippen LogP contribution in [0.25, 0.3) is 0 Å². The van der Waals surface area contributed by atoms with Crippen molar-refractivity contribution in [3.8, 4) is 6.07 Å². The molecule has 3 aromatic rings. The first kappa shape index (κ1) is 15.2. The molecule has 0 aliphatic rings. The van der Waals surface area contributed by atoms with Gasteiger partial charge in [0.25, 0.3) is 5.91 Å². The second-order valence-corrected chi connectivity index (χ2v) is 5.03. The number of carbonyl (C=O) groups excluding carboxylic acids is 1. The third kappa shape index (κ3) is 3.56. The van der Waals surface area contributed by atoms with Crippen molar-refractivity contribution in [2.75, 3.05) is 10.6 Å². The summed E-state index contributed by atoms with van der Waals surface area (Å²) in [5.41, 5.74) is 1.97. The average Bonchev–Trinajstić information content (AvgIpc) is 3.00. The van der Waals surface area contributed by atoms with Crippen LogP contribution in [0, 0.1) is 18.3 Å². The topological polar surface area (TPSA) is 104 Å². The molecule has 0 unspecified atom stereocenters. The van der Waals surface area contributed by atoms with Gasteiger partial charge in [-0.25, -0.2) is 4.98 Å². The Kier molecular flexibility index (Phi) is 4.21. The maximum Gasteiger partial charge on any atom is 0.274 e.